The highest BCUT2D eigenvalue weighted by molar-refractivity contribution is 9.10. The van der Waals surface area contributed by atoms with Crippen molar-refractivity contribution >= 4 is 44.9 Å². The zero-order valence-corrected chi connectivity index (χ0v) is 13.8. The molecule has 0 unspecified atom stereocenters. The molecule has 1 amide bonds. The Hall–Kier alpha value is -1.87. The second kappa shape index (κ2) is 6.71. The maximum Gasteiger partial charge on any atom is 0.417 e. The molecule has 2 heterocycles. The quantitative estimate of drug-likeness (QED) is 0.797. The van der Waals surface area contributed by atoms with Gasteiger partial charge in [-0.3, -0.25) is 4.79 Å². The summed E-state index contributed by atoms with van der Waals surface area (Å²) in [6.45, 7) is 0. The number of nitrogens with one attached hydrogen (secondary N) is 2. The van der Waals surface area contributed by atoms with Crippen LogP contribution in [0.25, 0.3) is 0 Å². The van der Waals surface area contributed by atoms with Gasteiger partial charge in [0.05, 0.1) is 16.3 Å². The van der Waals surface area contributed by atoms with Crippen molar-refractivity contribution in [3.05, 3.63) is 45.3 Å². The number of carbonyl (C=O) groups is 1. The van der Waals surface area contributed by atoms with Crippen LogP contribution in [0.4, 0.5) is 24.7 Å². The highest BCUT2D eigenvalue weighted by atomic mass is 79.9. The van der Waals surface area contributed by atoms with E-state index in [1.165, 1.54) is 19.3 Å². The lowest BCUT2D eigenvalue weighted by atomic mass is 10.2. The molecule has 23 heavy (non-hydrogen) atoms. The van der Waals surface area contributed by atoms with Crippen LogP contribution in [0.15, 0.2) is 29.0 Å². The standard InChI is InChI=1S/C13H9BrClF3N4O/c1-19-11-9(2-6(4-21-11)13(16,17)18)22-12(23)10-8(15)3-7(14)5-20-10/h2-5H,1H3,(H,19,21)(H,22,23). The average Bonchev–Trinajstić information content (AvgIpc) is 2.46. The van der Waals surface area contributed by atoms with E-state index in [1.807, 2.05) is 0 Å². The lowest BCUT2D eigenvalue weighted by molar-refractivity contribution is -0.137. The second-order valence-electron chi connectivity index (χ2n) is 4.31. The Balaban J connectivity index is 2.36. The minimum atomic E-state index is -4.58. The summed E-state index contributed by atoms with van der Waals surface area (Å²) in [6, 6.07) is 2.23. The molecule has 0 aliphatic rings. The summed E-state index contributed by atoms with van der Waals surface area (Å²) in [4.78, 5) is 19.7. The van der Waals surface area contributed by atoms with E-state index in [2.05, 4.69) is 36.5 Å². The number of carbonyl (C=O) groups excluding carboxylic acids is 1. The molecule has 0 radical (unpaired) electrons. The third kappa shape index (κ3) is 4.11. The number of hydrogen-bond acceptors (Lipinski definition) is 4. The molecule has 5 nitrogen and oxygen atoms in total. The third-order valence-corrected chi connectivity index (χ3v) is 3.44. The number of halogens is 5. The Morgan fingerprint density at radius 3 is 2.52 bits per heavy atom. The summed E-state index contributed by atoms with van der Waals surface area (Å²) in [5.41, 5.74) is -1.23. The highest BCUT2D eigenvalue weighted by Crippen LogP contribution is 2.32. The van der Waals surface area contributed by atoms with Gasteiger partial charge in [0.25, 0.3) is 5.91 Å². The van der Waals surface area contributed by atoms with E-state index >= 15 is 0 Å². The minimum absolute atomic E-state index is 0.0582. The van der Waals surface area contributed by atoms with E-state index in [4.69, 9.17) is 11.6 Å². The molecular weight excluding hydrogens is 401 g/mol. The zero-order valence-electron chi connectivity index (χ0n) is 11.5. The number of pyridine rings is 2. The molecule has 2 N–H and O–H groups in total. The Labute approximate surface area is 142 Å². The topological polar surface area (TPSA) is 66.9 Å². The second-order valence-corrected chi connectivity index (χ2v) is 5.63. The first-order valence-electron chi connectivity index (χ1n) is 6.09. The van der Waals surface area contributed by atoms with Gasteiger partial charge in [-0.1, -0.05) is 11.6 Å². The molecule has 0 bridgehead atoms. The molecule has 2 aromatic heterocycles. The fourth-order valence-corrected chi connectivity index (χ4v) is 2.39. The zero-order chi connectivity index (χ0) is 17.2. The summed E-state index contributed by atoms with van der Waals surface area (Å²) in [5, 5.41) is 4.98. The van der Waals surface area contributed by atoms with Crippen molar-refractivity contribution in [3.63, 3.8) is 0 Å². The fourth-order valence-electron chi connectivity index (χ4n) is 1.68. The van der Waals surface area contributed by atoms with Crippen molar-refractivity contribution in [1.82, 2.24) is 9.97 Å². The molecule has 0 aliphatic carbocycles. The van der Waals surface area contributed by atoms with Gasteiger partial charge < -0.3 is 10.6 Å². The van der Waals surface area contributed by atoms with Crippen molar-refractivity contribution in [3.8, 4) is 0 Å². The van der Waals surface area contributed by atoms with Crippen LogP contribution in [0.1, 0.15) is 16.1 Å². The van der Waals surface area contributed by atoms with Crippen LogP contribution in [-0.4, -0.2) is 22.9 Å². The van der Waals surface area contributed by atoms with Crippen molar-refractivity contribution in [2.75, 3.05) is 17.7 Å². The minimum Gasteiger partial charge on any atom is -0.371 e. The number of aromatic nitrogens is 2. The molecule has 0 spiro atoms. The van der Waals surface area contributed by atoms with E-state index in [9.17, 15) is 18.0 Å². The smallest absolute Gasteiger partial charge is 0.371 e. The molecule has 0 fully saturated rings. The average molecular weight is 410 g/mol. The van der Waals surface area contributed by atoms with Crippen LogP contribution in [0.2, 0.25) is 5.02 Å². The normalized spacial score (nSPS) is 11.2. The van der Waals surface area contributed by atoms with Crippen molar-refractivity contribution < 1.29 is 18.0 Å². The predicted molar refractivity (Wildman–Crippen MR) is 83.7 cm³/mol. The summed E-state index contributed by atoms with van der Waals surface area (Å²) < 4.78 is 38.8. The van der Waals surface area contributed by atoms with Gasteiger partial charge in [-0.05, 0) is 28.1 Å². The molecule has 122 valence electrons. The first-order valence-corrected chi connectivity index (χ1v) is 7.27. The Kier molecular flexibility index (Phi) is 5.10. The van der Waals surface area contributed by atoms with E-state index in [0.717, 1.165) is 6.07 Å². The van der Waals surface area contributed by atoms with Crippen molar-refractivity contribution in [1.29, 1.82) is 0 Å². The number of rotatable bonds is 3. The Morgan fingerprint density at radius 2 is 1.96 bits per heavy atom. The number of anilines is 2. The van der Waals surface area contributed by atoms with E-state index in [-0.39, 0.29) is 22.2 Å². The van der Waals surface area contributed by atoms with Gasteiger partial charge >= 0.3 is 6.18 Å². The first kappa shape index (κ1) is 17.5. The maximum absolute atomic E-state index is 12.8. The maximum atomic E-state index is 12.8. The van der Waals surface area contributed by atoms with Gasteiger partial charge in [0.1, 0.15) is 11.5 Å². The number of nitrogens with zero attached hydrogens (tertiary/aromatic N) is 2. The number of hydrogen-bond donors (Lipinski definition) is 2. The predicted octanol–water partition coefficient (Wildman–Crippen LogP) is 4.21. The molecule has 0 saturated carbocycles. The monoisotopic (exact) mass is 408 g/mol. The first-order chi connectivity index (χ1) is 10.7. The summed E-state index contributed by atoms with van der Waals surface area (Å²) in [5.74, 6) is -0.667. The van der Waals surface area contributed by atoms with E-state index in [0.29, 0.717) is 10.7 Å². The SMILES string of the molecule is CNc1ncc(C(F)(F)F)cc1NC(=O)c1ncc(Br)cc1Cl. The van der Waals surface area contributed by atoms with Gasteiger partial charge in [-0.2, -0.15) is 13.2 Å². The highest BCUT2D eigenvalue weighted by Gasteiger charge is 2.32. The van der Waals surface area contributed by atoms with E-state index < -0.39 is 17.6 Å². The molecule has 0 aromatic carbocycles. The van der Waals surface area contributed by atoms with Crippen molar-refractivity contribution in [2.45, 2.75) is 6.18 Å². The molecule has 2 aromatic rings. The largest absolute Gasteiger partial charge is 0.417 e. The lowest BCUT2D eigenvalue weighted by Gasteiger charge is -2.13. The Morgan fingerprint density at radius 1 is 1.26 bits per heavy atom. The van der Waals surface area contributed by atoms with E-state index in [1.54, 1.807) is 0 Å². The molecule has 0 saturated heterocycles. The fraction of sp³-hybridized carbons (Fsp3) is 0.154. The van der Waals surface area contributed by atoms with Crippen LogP contribution in [0, 0.1) is 0 Å². The molecule has 2 rings (SSSR count). The van der Waals surface area contributed by atoms with Gasteiger partial charge in [0, 0.05) is 23.9 Å². The lowest BCUT2D eigenvalue weighted by Crippen LogP contribution is -2.17. The molecule has 10 heteroatoms. The van der Waals surface area contributed by atoms with Gasteiger partial charge in [-0.25, -0.2) is 9.97 Å². The van der Waals surface area contributed by atoms with Crippen molar-refractivity contribution in [2.24, 2.45) is 0 Å². The summed E-state index contributed by atoms with van der Waals surface area (Å²) in [6.07, 6.45) is -2.55. The Bertz CT molecular complexity index is 754. The summed E-state index contributed by atoms with van der Waals surface area (Å²) in [7, 11) is 1.47. The third-order valence-electron chi connectivity index (χ3n) is 2.72. The van der Waals surface area contributed by atoms with Gasteiger partial charge in [-0.15, -0.1) is 0 Å². The van der Waals surface area contributed by atoms with Crippen LogP contribution < -0.4 is 10.6 Å². The van der Waals surface area contributed by atoms with Gasteiger partial charge in [0.2, 0.25) is 0 Å². The van der Waals surface area contributed by atoms with Crippen LogP contribution >= 0.6 is 27.5 Å². The molecule has 0 aliphatic heterocycles. The molecule has 0 atom stereocenters. The van der Waals surface area contributed by atoms with Crippen LogP contribution in [-0.2, 0) is 6.18 Å². The van der Waals surface area contributed by atoms with Crippen LogP contribution in [0.5, 0.6) is 0 Å². The van der Waals surface area contributed by atoms with Gasteiger partial charge in [0.15, 0.2) is 0 Å². The summed E-state index contributed by atoms with van der Waals surface area (Å²) >= 11 is 9.05. The number of alkyl halides is 3. The van der Waals surface area contributed by atoms with Crippen LogP contribution in [0.3, 0.4) is 0 Å². The molecular formula is C13H9BrClF3N4O. The number of amides is 1.